The molecule has 0 saturated carbocycles. The van der Waals surface area contributed by atoms with Gasteiger partial charge in [0, 0.05) is 18.5 Å². The molecule has 2 heterocycles. The fraction of sp³-hybridized carbons (Fsp3) is 0.143. The first kappa shape index (κ1) is 16.1. The molecule has 0 spiro atoms. The van der Waals surface area contributed by atoms with Crippen molar-refractivity contribution in [2.24, 2.45) is 0 Å². The van der Waals surface area contributed by atoms with Gasteiger partial charge in [-0.05, 0) is 23.8 Å². The van der Waals surface area contributed by atoms with Crippen molar-refractivity contribution in [3.05, 3.63) is 52.9 Å². The zero-order chi connectivity index (χ0) is 16.4. The highest BCUT2D eigenvalue weighted by Crippen LogP contribution is 2.30. The minimum atomic E-state index is -3.64. The number of thiophene rings is 1. The molecule has 0 aliphatic carbocycles. The van der Waals surface area contributed by atoms with Gasteiger partial charge < -0.3 is 4.42 Å². The lowest BCUT2D eigenvalue weighted by atomic mass is 10.2. The summed E-state index contributed by atoms with van der Waals surface area (Å²) in [6.07, 6.45) is 0. The van der Waals surface area contributed by atoms with E-state index in [9.17, 15) is 8.42 Å². The summed E-state index contributed by atoms with van der Waals surface area (Å²) in [4.78, 5) is 0.601. The summed E-state index contributed by atoms with van der Waals surface area (Å²) in [5, 5.41) is 8.13. The monoisotopic (exact) mass is 369 g/mol. The first-order valence-corrected chi connectivity index (χ1v) is 9.27. The average Bonchev–Trinajstić information content (AvgIpc) is 3.15. The number of benzene rings is 1. The number of nitrogens with one attached hydrogen (secondary N) is 1. The topological polar surface area (TPSA) is 85.1 Å². The molecule has 0 unspecified atom stereocenters. The molecule has 0 fully saturated rings. The Hall–Kier alpha value is -1.74. The molecule has 9 heteroatoms. The maximum absolute atomic E-state index is 12.4. The minimum Gasteiger partial charge on any atom is -0.420 e. The Kier molecular flexibility index (Phi) is 4.49. The highest BCUT2D eigenvalue weighted by Gasteiger charge is 2.19. The van der Waals surface area contributed by atoms with E-state index in [-0.39, 0.29) is 10.8 Å². The van der Waals surface area contributed by atoms with Crippen LogP contribution in [0.15, 0.2) is 45.0 Å². The van der Waals surface area contributed by atoms with Crippen LogP contribution in [0.4, 0.5) is 0 Å². The maximum atomic E-state index is 12.4. The molecule has 0 aliphatic rings. The Balaban J connectivity index is 1.78. The summed E-state index contributed by atoms with van der Waals surface area (Å²) >= 11 is 7.09. The predicted molar refractivity (Wildman–Crippen MR) is 87.8 cm³/mol. The van der Waals surface area contributed by atoms with Crippen LogP contribution in [0, 0.1) is 6.92 Å². The molecular weight excluding hydrogens is 358 g/mol. The number of sulfonamides is 1. The molecule has 0 radical (unpaired) electrons. The quantitative estimate of drug-likeness (QED) is 0.746. The van der Waals surface area contributed by atoms with Crippen LogP contribution >= 0.6 is 22.9 Å². The molecule has 1 aromatic carbocycles. The third-order valence-electron chi connectivity index (χ3n) is 2.99. The zero-order valence-corrected chi connectivity index (χ0v) is 14.4. The fourth-order valence-corrected chi connectivity index (χ4v) is 4.34. The van der Waals surface area contributed by atoms with E-state index < -0.39 is 10.0 Å². The molecule has 0 amide bonds. The number of aryl methyl sites for hydroxylation is 1. The van der Waals surface area contributed by atoms with Crippen LogP contribution in [0.25, 0.3) is 10.8 Å². The molecule has 0 aliphatic heterocycles. The molecule has 1 N–H and O–H groups in total. The van der Waals surface area contributed by atoms with Crippen LogP contribution in [-0.2, 0) is 16.6 Å². The largest absolute Gasteiger partial charge is 0.420 e. The molecule has 3 aromatic rings. The third-order valence-corrected chi connectivity index (χ3v) is 6.33. The standard InChI is InChI=1S/C14H12ClN3O3S2/c1-9-17-18-14(21-9)12-6-7-13(22-12)23(19,20)16-8-10-4-2-3-5-11(10)15/h2-7,16H,8H2,1H3. The predicted octanol–water partition coefficient (Wildman–Crippen LogP) is 3.24. The molecule has 6 nitrogen and oxygen atoms in total. The van der Waals surface area contributed by atoms with E-state index in [4.69, 9.17) is 16.0 Å². The SMILES string of the molecule is Cc1nnc(-c2ccc(S(=O)(=O)NCc3ccccc3Cl)s2)o1. The minimum absolute atomic E-state index is 0.120. The van der Waals surface area contributed by atoms with Crippen LogP contribution in [0.5, 0.6) is 0 Å². The normalized spacial score (nSPS) is 11.7. The van der Waals surface area contributed by atoms with Crippen molar-refractivity contribution >= 4 is 33.0 Å². The Morgan fingerprint density at radius 1 is 1.22 bits per heavy atom. The first-order chi connectivity index (χ1) is 11.0. The van der Waals surface area contributed by atoms with Crippen molar-refractivity contribution in [3.63, 3.8) is 0 Å². The van der Waals surface area contributed by atoms with E-state index in [1.54, 1.807) is 37.3 Å². The van der Waals surface area contributed by atoms with Gasteiger partial charge in [0.25, 0.3) is 5.89 Å². The lowest BCUT2D eigenvalue weighted by Crippen LogP contribution is -2.22. The van der Waals surface area contributed by atoms with Gasteiger partial charge in [0.1, 0.15) is 4.21 Å². The second-order valence-electron chi connectivity index (χ2n) is 4.66. The van der Waals surface area contributed by atoms with Crippen LogP contribution < -0.4 is 4.72 Å². The molecule has 0 atom stereocenters. The van der Waals surface area contributed by atoms with Crippen molar-refractivity contribution in [2.45, 2.75) is 17.7 Å². The Morgan fingerprint density at radius 3 is 2.70 bits per heavy atom. The number of halogens is 1. The summed E-state index contributed by atoms with van der Waals surface area (Å²) in [6.45, 7) is 1.79. The van der Waals surface area contributed by atoms with Gasteiger partial charge in [-0.2, -0.15) is 0 Å². The van der Waals surface area contributed by atoms with Crippen molar-refractivity contribution in [2.75, 3.05) is 0 Å². The van der Waals surface area contributed by atoms with Gasteiger partial charge in [0.05, 0.1) is 4.88 Å². The second kappa shape index (κ2) is 6.40. The fourth-order valence-electron chi connectivity index (χ4n) is 1.86. The number of rotatable bonds is 5. The summed E-state index contributed by atoms with van der Waals surface area (Å²) < 4.78 is 32.7. The highest BCUT2D eigenvalue weighted by atomic mass is 35.5. The Labute approximate surface area is 142 Å². The number of hydrogen-bond donors (Lipinski definition) is 1. The molecule has 0 saturated heterocycles. The van der Waals surface area contributed by atoms with Gasteiger partial charge in [-0.1, -0.05) is 29.8 Å². The van der Waals surface area contributed by atoms with Gasteiger partial charge in [-0.25, -0.2) is 13.1 Å². The van der Waals surface area contributed by atoms with E-state index in [0.717, 1.165) is 11.3 Å². The van der Waals surface area contributed by atoms with E-state index in [0.29, 0.717) is 27.2 Å². The molecule has 120 valence electrons. The van der Waals surface area contributed by atoms with Gasteiger partial charge >= 0.3 is 0 Å². The van der Waals surface area contributed by atoms with E-state index in [1.165, 1.54) is 6.07 Å². The third kappa shape index (κ3) is 3.61. The van der Waals surface area contributed by atoms with Crippen LogP contribution in [0.3, 0.4) is 0 Å². The van der Waals surface area contributed by atoms with Crippen molar-refractivity contribution in [1.82, 2.24) is 14.9 Å². The van der Waals surface area contributed by atoms with Crippen LogP contribution in [-0.4, -0.2) is 18.6 Å². The van der Waals surface area contributed by atoms with Gasteiger partial charge in [-0.15, -0.1) is 21.5 Å². The average molecular weight is 370 g/mol. The molecule has 23 heavy (non-hydrogen) atoms. The zero-order valence-electron chi connectivity index (χ0n) is 12.0. The number of hydrogen-bond acceptors (Lipinski definition) is 6. The van der Waals surface area contributed by atoms with Gasteiger partial charge in [-0.3, -0.25) is 0 Å². The Bertz CT molecular complexity index is 934. The molecular formula is C14H12ClN3O3S2. The summed E-state index contributed by atoms with van der Waals surface area (Å²) in [7, 11) is -3.64. The van der Waals surface area contributed by atoms with Crippen LogP contribution in [0.1, 0.15) is 11.5 Å². The first-order valence-electron chi connectivity index (χ1n) is 6.59. The van der Waals surface area contributed by atoms with Crippen molar-refractivity contribution in [1.29, 1.82) is 0 Å². The lowest BCUT2D eigenvalue weighted by Gasteiger charge is -2.06. The van der Waals surface area contributed by atoms with Gasteiger partial charge in [0.2, 0.25) is 15.9 Å². The molecule has 3 rings (SSSR count). The molecule has 0 bridgehead atoms. The number of aromatic nitrogens is 2. The van der Waals surface area contributed by atoms with Crippen molar-refractivity contribution in [3.8, 4) is 10.8 Å². The summed E-state index contributed by atoms with van der Waals surface area (Å²) in [6, 6.07) is 10.2. The maximum Gasteiger partial charge on any atom is 0.257 e. The van der Waals surface area contributed by atoms with Crippen molar-refractivity contribution < 1.29 is 12.8 Å². The number of nitrogens with zero attached hydrogens (tertiary/aromatic N) is 2. The highest BCUT2D eigenvalue weighted by molar-refractivity contribution is 7.91. The second-order valence-corrected chi connectivity index (χ2v) is 8.15. The van der Waals surface area contributed by atoms with E-state index >= 15 is 0 Å². The summed E-state index contributed by atoms with van der Waals surface area (Å²) in [5.74, 6) is 0.731. The van der Waals surface area contributed by atoms with Crippen LogP contribution in [0.2, 0.25) is 5.02 Å². The molecule has 2 aromatic heterocycles. The van der Waals surface area contributed by atoms with E-state index in [1.807, 2.05) is 0 Å². The summed E-state index contributed by atoms with van der Waals surface area (Å²) in [5.41, 5.74) is 0.710. The lowest BCUT2D eigenvalue weighted by molar-refractivity contribution is 0.534. The van der Waals surface area contributed by atoms with E-state index in [2.05, 4.69) is 14.9 Å². The Morgan fingerprint density at radius 2 is 2.00 bits per heavy atom. The van der Waals surface area contributed by atoms with Gasteiger partial charge in [0.15, 0.2) is 0 Å². The smallest absolute Gasteiger partial charge is 0.257 e.